The Labute approximate surface area is 141 Å². The number of ether oxygens (including phenoxy) is 1. The van der Waals surface area contributed by atoms with E-state index in [0.717, 1.165) is 10.8 Å². The third-order valence-electron chi connectivity index (χ3n) is 3.75. The van der Waals surface area contributed by atoms with Crippen molar-refractivity contribution in [3.05, 3.63) is 36.7 Å². The van der Waals surface area contributed by atoms with E-state index in [9.17, 15) is 4.79 Å². The molecule has 1 fully saturated rings. The van der Waals surface area contributed by atoms with Gasteiger partial charge in [0.2, 0.25) is 0 Å². The van der Waals surface area contributed by atoms with Crippen LogP contribution in [0.3, 0.4) is 0 Å². The summed E-state index contributed by atoms with van der Waals surface area (Å²) >= 11 is 0. The predicted octanol–water partition coefficient (Wildman–Crippen LogP) is 2.85. The van der Waals surface area contributed by atoms with Gasteiger partial charge in [0.15, 0.2) is 0 Å². The lowest BCUT2D eigenvalue weighted by Crippen LogP contribution is -2.34. The van der Waals surface area contributed by atoms with E-state index in [1.165, 1.54) is 4.68 Å². The molecule has 7 heteroatoms. The monoisotopic (exact) mass is 328 g/mol. The Bertz CT molecular complexity index is 820. The summed E-state index contributed by atoms with van der Waals surface area (Å²) in [6.45, 7) is 13.2. The van der Waals surface area contributed by atoms with Crippen LogP contribution >= 0.6 is 0 Å². The van der Waals surface area contributed by atoms with Gasteiger partial charge in [-0.1, -0.05) is 18.7 Å². The van der Waals surface area contributed by atoms with Crippen LogP contribution in [0.25, 0.3) is 10.9 Å². The maximum Gasteiger partial charge on any atom is 0.563 e. The SMILES string of the molecule is C=C1OB(c2ccc3c(cnn3C(=O)OC(C)(C)C)c2)OC1(C)C. The minimum Gasteiger partial charge on any atom is -0.534 e. The summed E-state index contributed by atoms with van der Waals surface area (Å²) in [4.78, 5) is 12.2. The van der Waals surface area contributed by atoms with Crippen molar-refractivity contribution in [1.82, 2.24) is 9.78 Å². The van der Waals surface area contributed by atoms with Crippen LogP contribution in [0.15, 0.2) is 36.7 Å². The summed E-state index contributed by atoms with van der Waals surface area (Å²) in [5.41, 5.74) is 0.412. The van der Waals surface area contributed by atoms with Gasteiger partial charge in [-0.2, -0.15) is 9.78 Å². The van der Waals surface area contributed by atoms with Crippen molar-refractivity contribution < 1.29 is 18.8 Å². The summed E-state index contributed by atoms with van der Waals surface area (Å²) in [6.07, 6.45) is 1.12. The van der Waals surface area contributed by atoms with Crippen LogP contribution in [0.1, 0.15) is 34.6 Å². The summed E-state index contributed by atoms with van der Waals surface area (Å²) < 4.78 is 18.2. The van der Waals surface area contributed by atoms with Crippen molar-refractivity contribution in [2.24, 2.45) is 0 Å². The summed E-state index contributed by atoms with van der Waals surface area (Å²) in [7, 11) is -0.512. The molecule has 0 N–H and O–H groups in total. The van der Waals surface area contributed by atoms with Gasteiger partial charge in [-0.25, -0.2) is 4.79 Å². The van der Waals surface area contributed by atoms with E-state index in [-0.39, 0.29) is 0 Å². The van der Waals surface area contributed by atoms with E-state index < -0.39 is 24.4 Å². The van der Waals surface area contributed by atoms with Crippen LogP contribution in [0.5, 0.6) is 0 Å². The quantitative estimate of drug-likeness (QED) is 0.753. The molecule has 0 spiro atoms. The molecule has 2 aromatic rings. The van der Waals surface area contributed by atoms with Crippen molar-refractivity contribution in [2.75, 3.05) is 0 Å². The number of fused-ring (bicyclic) bond motifs is 1. The summed E-state index contributed by atoms with van der Waals surface area (Å²) in [6, 6.07) is 5.55. The lowest BCUT2D eigenvalue weighted by Gasteiger charge is -2.19. The Hall–Kier alpha value is -2.28. The lowest BCUT2D eigenvalue weighted by atomic mass is 9.79. The van der Waals surface area contributed by atoms with Crippen LogP contribution in [0.4, 0.5) is 4.79 Å². The number of carbonyl (C=O) groups is 1. The maximum atomic E-state index is 12.2. The molecule has 6 nitrogen and oxygen atoms in total. The highest BCUT2D eigenvalue weighted by atomic mass is 16.7. The fourth-order valence-electron chi connectivity index (χ4n) is 2.41. The molecule has 1 aliphatic heterocycles. The second kappa shape index (κ2) is 5.38. The van der Waals surface area contributed by atoms with Crippen LogP contribution in [0.2, 0.25) is 0 Å². The molecule has 0 radical (unpaired) electrons. The first-order valence-electron chi connectivity index (χ1n) is 7.82. The predicted molar refractivity (Wildman–Crippen MR) is 92.1 cm³/mol. The first-order chi connectivity index (χ1) is 11.1. The normalized spacial score (nSPS) is 17.2. The maximum absolute atomic E-state index is 12.2. The fourth-order valence-corrected chi connectivity index (χ4v) is 2.41. The zero-order valence-electron chi connectivity index (χ0n) is 14.6. The lowest BCUT2D eigenvalue weighted by molar-refractivity contribution is 0.0522. The topological polar surface area (TPSA) is 62.6 Å². The van der Waals surface area contributed by atoms with Crippen molar-refractivity contribution in [2.45, 2.75) is 45.8 Å². The van der Waals surface area contributed by atoms with E-state index in [0.29, 0.717) is 11.3 Å². The molecule has 0 saturated carbocycles. The first-order valence-corrected chi connectivity index (χ1v) is 7.82. The van der Waals surface area contributed by atoms with E-state index >= 15 is 0 Å². The minimum atomic E-state index is -0.577. The Morgan fingerprint density at radius 1 is 1.38 bits per heavy atom. The van der Waals surface area contributed by atoms with Crippen molar-refractivity contribution >= 4 is 29.6 Å². The molecular formula is C17H21BN2O4. The van der Waals surface area contributed by atoms with E-state index in [4.69, 9.17) is 14.0 Å². The number of hydrogen-bond donors (Lipinski definition) is 0. The zero-order chi connectivity index (χ0) is 17.7. The number of benzene rings is 1. The molecule has 0 unspecified atom stereocenters. The molecule has 1 aromatic carbocycles. The van der Waals surface area contributed by atoms with Gasteiger partial charge in [0.1, 0.15) is 11.2 Å². The van der Waals surface area contributed by atoms with Gasteiger partial charge in [0, 0.05) is 5.39 Å². The first kappa shape index (κ1) is 16.6. The molecule has 3 rings (SSSR count). The van der Waals surface area contributed by atoms with Gasteiger partial charge in [-0.05, 0) is 46.1 Å². The highest BCUT2D eigenvalue weighted by Crippen LogP contribution is 2.29. The van der Waals surface area contributed by atoms with Gasteiger partial charge < -0.3 is 14.0 Å². The van der Waals surface area contributed by atoms with Crippen LogP contribution in [-0.2, 0) is 14.0 Å². The molecule has 1 aromatic heterocycles. The van der Waals surface area contributed by atoms with Gasteiger partial charge in [-0.3, -0.25) is 0 Å². The van der Waals surface area contributed by atoms with Crippen molar-refractivity contribution in [3.63, 3.8) is 0 Å². The smallest absolute Gasteiger partial charge is 0.534 e. The number of nitrogens with zero attached hydrogens (tertiary/aromatic N) is 2. The Morgan fingerprint density at radius 3 is 2.67 bits per heavy atom. The molecule has 0 aliphatic carbocycles. The van der Waals surface area contributed by atoms with Crippen LogP contribution < -0.4 is 5.46 Å². The second-order valence-corrected chi connectivity index (χ2v) is 7.36. The van der Waals surface area contributed by atoms with Crippen molar-refractivity contribution in [1.29, 1.82) is 0 Å². The summed E-state index contributed by atoms with van der Waals surface area (Å²) in [5.74, 6) is 0.594. The van der Waals surface area contributed by atoms with E-state index in [1.807, 2.05) is 52.8 Å². The van der Waals surface area contributed by atoms with Crippen molar-refractivity contribution in [3.8, 4) is 0 Å². The molecular weight excluding hydrogens is 307 g/mol. The van der Waals surface area contributed by atoms with Gasteiger partial charge in [0.25, 0.3) is 0 Å². The zero-order valence-corrected chi connectivity index (χ0v) is 14.6. The highest BCUT2D eigenvalue weighted by Gasteiger charge is 2.42. The second-order valence-electron chi connectivity index (χ2n) is 7.36. The van der Waals surface area contributed by atoms with Gasteiger partial charge in [0.05, 0.1) is 17.5 Å². The highest BCUT2D eigenvalue weighted by molar-refractivity contribution is 6.62. The molecule has 0 atom stereocenters. The molecule has 0 amide bonds. The van der Waals surface area contributed by atoms with Crippen LogP contribution in [-0.4, -0.2) is 34.2 Å². The van der Waals surface area contributed by atoms with Crippen LogP contribution in [0, 0.1) is 0 Å². The van der Waals surface area contributed by atoms with Gasteiger partial charge in [-0.15, -0.1) is 0 Å². The average molecular weight is 328 g/mol. The molecule has 24 heavy (non-hydrogen) atoms. The number of hydrogen-bond acceptors (Lipinski definition) is 5. The number of rotatable bonds is 1. The number of aromatic nitrogens is 2. The minimum absolute atomic E-state index is 0.506. The average Bonchev–Trinajstić information content (AvgIpc) is 2.97. The van der Waals surface area contributed by atoms with E-state index in [1.54, 1.807) is 6.20 Å². The standard InChI is InChI=1S/C17H21BN2O4/c1-11-17(5,6)24-18(23-11)13-7-8-14-12(9-13)10-19-20(14)15(21)22-16(2,3)4/h7-10H,1H2,2-6H3. The third-order valence-corrected chi connectivity index (χ3v) is 3.75. The molecule has 2 heterocycles. The van der Waals surface area contributed by atoms with Gasteiger partial charge >= 0.3 is 13.2 Å². The number of carbonyl (C=O) groups excluding carboxylic acids is 1. The largest absolute Gasteiger partial charge is 0.563 e. The Morgan fingerprint density at radius 2 is 2.08 bits per heavy atom. The fraction of sp³-hybridized carbons (Fsp3) is 0.412. The Kier molecular flexibility index (Phi) is 3.71. The molecule has 0 bridgehead atoms. The summed E-state index contributed by atoms with van der Waals surface area (Å²) in [5, 5.41) is 4.94. The molecule has 1 saturated heterocycles. The molecule has 1 aliphatic rings. The van der Waals surface area contributed by atoms with E-state index in [2.05, 4.69) is 11.7 Å². The molecule has 126 valence electrons. The third kappa shape index (κ3) is 3.04. The Balaban J connectivity index is 1.89.